The minimum atomic E-state index is -1.02. The second kappa shape index (κ2) is 8.45. The van der Waals surface area contributed by atoms with Crippen molar-refractivity contribution in [2.24, 2.45) is 0 Å². The number of anilines is 1. The average molecular weight is 414 g/mol. The summed E-state index contributed by atoms with van der Waals surface area (Å²) in [6.07, 6.45) is -1.02. The molecule has 1 heterocycles. The van der Waals surface area contributed by atoms with E-state index in [4.69, 9.17) is 16.3 Å². The summed E-state index contributed by atoms with van der Waals surface area (Å²) in [7, 11) is 0. The van der Waals surface area contributed by atoms with Gasteiger partial charge in [-0.15, -0.1) is 0 Å². The van der Waals surface area contributed by atoms with E-state index in [9.17, 15) is 14.4 Å². The molecule has 0 saturated heterocycles. The largest absolute Gasteiger partial charge is 0.449 e. The number of hydrogen-bond acceptors (Lipinski definition) is 5. The standard InChI is InChI=1S/C21H20ClN3O4/c1-4-25-18-9-8-14(10-17(18)23-12(2)20(25)27)21(28)29-13(3)19(26)24-16-7-5-6-15(22)11-16/h5-11,13H,4H2,1-3H3,(H,24,26)/t13-/m0/s1. The molecule has 7 nitrogen and oxygen atoms in total. The van der Waals surface area contributed by atoms with Crippen molar-refractivity contribution in [3.05, 3.63) is 69.1 Å². The first-order valence-corrected chi connectivity index (χ1v) is 9.46. The molecule has 3 aromatic rings. The van der Waals surface area contributed by atoms with Gasteiger partial charge in [-0.25, -0.2) is 9.78 Å². The Balaban J connectivity index is 1.77. The molecule has 2 aromatic carbocycles. The summed E-state index contributed by atoms with van der Waals surface area (Å²) < 4.78 is 6.87. The van der Waals surface area contributed by atoms with Gasteiger partial charge in [-0.1, -0.05) is 17.7 Å². The average Bonchev–Trinajstić information content (AvgIpc) is 2.68. The number of aryl methyl sites for hydroxylation is 2. The zero-order chi connectivity index (χ0) is 21.1. The number of halogens is 1. The lowest BCUT2D eigenvalue weighted by molar-refractivity contribution is -0.123. The van der Waals surface area contributed by atoms with Crippen molar-refractivity contribution in [2.75, 3.05) is 5.32 Å². The molecule has 29 heavy (non-hydrogen) atoms. The Kier molecular flexibility index (Phi) is 5.98. The van der Waals surface area contributed by atoms with Gasteiger partial charge in [0.1, 0.15) is 5.69 Å². The van der Waals surface area contributed by atoms with Gasteiger partial charge in [0.25, 0.3) is 11.5 Å². The SMILES string of the molecule is CCn1c(=O)c(C)nc2cc(C(=O)O[C@@H](C)C(=O)Nc3cccc(Cl)c3)ccc21. The predicted molar refractivity (Wildman–Crippen MR) is 111 cm³/mol. The summed E-state index contributed by atoms with van der Waals surface area (Å²) in [6.45, 7) is 5.46. The molecule has 0 aliphatic heterocycles. The van der Waals surface area contributed by atoms with E-state index in [0.29, 0.717) is 34.0 Å². The Hall–Kier alpha value is -3.19. The quantitative estimate of drug-likeness (QED) is 0.646. The van der Waals surface area contributed by atoms with Crippen LogP contribution in [0.25, 0.3) is 11.0 Å². The first-order valence-electron chi connectivity index (χ1n) is 9.08. The molecule has 0 unspecified atom stereocenters. The van der Waals surface area contributed by atoms with Crippen LogP contribution in [0, 0.1) is 6.92 Å². The minimum absolute atomic E-state index is 0.165. The third kappa shape index (κ3) is 4.46. The van der Waals surface area contributed by atoms with Crippen LogP contribution in [0.2, 0.25) is 5.02 Å². The Morgan fingerprint density at radius 2 is 2.00 bits per heavy atom. The Labute approximate surface area is 172 Å². The number of rotatable bonds is 5. The maximum atomic E-state index is 12.5. The van der Waals surface area contributed by atoms with Crippen LogP contribution in [-0.2, 0) is 16.1 Å². The lowest BCUT2D eigenvalue weighted by atomic mass is 10.2. The zero-order valence-corrected chi connectivity index (χ0v) is 17.0. The molecule has 1 aromatic heterocycles. The van der Waals surface area contributed by atoms with E-state index in [0.717, 1.165) is 0 Å². The molecule has 0 spiro atoms. The lowest BCUT2D eigenvalue weighted by Gasteiger charge is -2.14. The third-order valence-corrected chi connectivity index (χ3v) is 4.64. The number of ether oxygens (including phenoxy) is 1. The molecular weight excluding hydrogens is 394 g/mol. The van der Waals surface area contributed by atoms with E-state index in [2.05, 4.69) is 10.3 Å². The van der Waals surface area contributed by atoms with Gasteiger partial charge in [-0.05, 0) is 57.2 Å². The molecule has 0 radical (unpaired) electrons. The Bertz CT molecular complexity index is 1160. The molecule has 0 aliphatic carbocycles. The lowest BCUT2D eigenvalue weighted by Crippen LogP contribution is -2.30. The fraction of sp³-hybridized carbons (Fsp3) is 0.238. The van der Waals surface area contributed by atoms with Crippen molar-refractivity contribution >= 4 is 40.2 Å². The maximum Gasteiger partial charge on any atom is 0.338 e. The number of carbonyl (C=O) groups is 2. The molecule has 1 amide bonds. The van der Waals surface area contributed by atoms with Gasteiger partial charge in [0.05, 0.1) is 16.6 Å². The summed E-state index contributed by atoms with van der Waals surface area (Å²) in [6, 6.07) is 11.4. The van der Waals surface area contributed by atoms with Crippen LogP contribution in [0.4, 0.5) is 5.69 Å². The van der Waals surface area contributed by atoms with Crippen molar-refractivity contribution in [2.45, 2.75) is 33.4 Å². The van der Waals surface area contributed by atoms with Crippen LogP contribution < -0.4 is 10.9 Å². The summed E-state index contributed by atoms with van der Waals surface area (Å²) >= 11 is 5.90. The summed E-state index contributed by atoms with van der Waals surface area (Å²) in [5.74, 6) is -1.13. The molecular formula is C21H20ClN3O4. The normalized spacial score (nSPS) is 11.9. The Morgan fingerprint density at radius 3 is 2.69 bits per heavy atom. The van der Waals surface area contributed by atoms with Crippen LogP contribution in [0.1, 0.15) is 29.9 Å². The van der Waals surface area contributed by atoms with E-state index in [-0.39, 0.29) is 11.1 Å². The number of amides is 1. The van der Waals surface area contributed by atoms with E-state index in [1.54, 1.807) is 54.0 Å². The van der Waals surface area contributed by atoms with Crippen molar-refractivity contribution < 1.29 is 14.3 Å². The molecule has 0 aliphatic rings. The van der Waals surface area contributed by atoms with E-state index in [1.165, 1.54) is 6.92 Å². The van der Waals surface area contributed by atoms with E-state index < -0.39 is 18.0 Å². The van der Waals surface area contributed by atoms with Crippen LogP contribution in [-0.4, -0.2) is 27.5 Å². The number of nitrogens with zero attached hydrogens (tertiary/aromatic N) is 2. The van der Waals surface area contributed by atoms with Crippen LogP contribution >= 0.6 is 11.6 Å². The number of aromatic nitrogens is 2. The topological polar surface area (TPSA) is 90.3 Å². The monoisotopic (exact) mass is 413 g/mol. The van der Waals surface area contributed by atoms with Gasteiger partial charge in [0.15, 0.2) is 6.10 Å². The van der Waals surface area contributed by atoms with Crippen LogP contribution in [0.5, 0.6) is 0 Å². The highest BCUT2D eigenvalue weighted by Crippen LogP contribution is 2.17. The Morgan fingerprint density at radius 1 is 1.24 bits per heavy atom. The maximum absolute atomic E-state index is 12.5. The van der Waals surface area contributed by atoms with E-state index >= 15 is 0 Å². The molecule has 0 fully saturated rings. The first kappa shape index (κ1) is 20.5. The molecule has 1 atom stereocenters. The fourth-order valence-corrected chi connectivity index (χ4v) is 3.10. The number of benzene rings is 2. The first-order chi connectivity index (χ1) is 13.8. The zero-order valence-electron chi connectivity index (χ0n) is 16.2. The molecule has 150 valence electrons. The molecule has 0 bridgehead atoms. The number of esters is 1. The van der Waals surface area contributed by atoms with Gasteiger partial charge >= 0.3 is 5.97 Å². The van der Waals surface area contributed by atoms with Gasteiger partial charge in [0.2, 0.25) is 0 Å². The van der Waals surface area contributed by atoms with E-state index in [1.807, 2.05) is 6.92 Å². The molecule has 1 N–H and O–H groups in total. The van der Waals surface area contributed by atoms with Crippen molar-refractivity contribution in [1.29, 1.82) is 0 Å². The summed E-state index contributed by atoms with van der Waals surface area (Å²) in [4.78, 5) is 41.2. The van der Waals surface area contributed by atoms with Gasteiger partial charge in [0, 0.05) is 17.3 Å². The molecule has 8 heteroatoms. The summed E-state index contributed by atoms with van der Waals surface area (Å²) in [5.41, 5.74) is 2.07. The highest BCUT2D eigenvalue weighted by molar-refractivity contribution is 6.30. The number of carbonyl (C=O) groups excluding carboxylic acids is 2. The van der Waals surface area contributed by atoms with Crippen molar-refractivity contribution in [3.63, 3.8) is 0 Å². The highest BCUT2D eigenvalue weighted by atomic mass is 35.5. The van der Waals surface area contributed by atoms with Gasteiger partial charge in [-0.3, -0.25) is 9.59 Å². The molecule has 3 rings (SSSR count). The fourth-order valence-electron chi connectivity index (χ4n) is 2.91. The highest BCUT2D eigenvalue weighted by Gasteiger charge is 2.20. The minimum Gasteiger partial charge on any atom is -0.449 e. The number of hydrogen-bond donors (Lipinski definition) is 1. The van der Waals surface area contributed by atoms with Crippen molar-refractivity contribution in [3.8, 4) is 0 Å². The third-order valence-electron chi connectivity index (χ3n) is 4.41. The smallest absolute Gasteiger partial charge is 0.338 e. The summed E-state index contributed by atoms with van der Waals surface area (Å²) in [5, 5.41) is 3.13. The molecule has 0 saturated carbocycles. The second-order valence-corrected chi connectivity index (χ2v) is 6.93. The van der Waals surface area contributed by atoms with Crippen LogP contribution in [0.15, 0.2) is 47.3 Å². The predicted octanol–water partition coefficient (Wildman–Crippen LogP) is 3.56. The van der Waals surface area contributed by atoms with Gasteiger partial charge < -0.3 is 14.6 Å². The number of fused-ring (bicyclic) bond motifs is 1. The van der Waals surface area contributed by atoms with Crippen LogP contribution in [0.3, 0.4) is 0 Å². The number of nitrogens with one attached hydrogen (secondary N) is 1. The van der Waals surface area contributed by atoms with Gasteiger partial charge in [-0.2, -0.15) is 0 Å². The van der Waals surface area contributed by atoms with Crippen molar-refractivity contribution in [1.82, 2.24) is 9.55 Å². The second-order valence-electron chi connectivity index (χ2n) is 6.50.